The zero-order valence-electron chi connectivity index (χ0n) is 16.5. The van der Waals surface area contributed by atoms with Crippen molar-refractivity contribution in [2.45, 2.75) is 38.2 Å². The van der Waals surface area contributed by atoms with Gasteiger partial charge in [0.15, 0.2) is 0 Å². The number of ether oxygens (including phenoxy) is 1. The normalized spacial score (nSPS) is 19.1. The van der Waals surface area contributed by atoms with Crippen molar-refractivity contribution < 1.29 is 13.9 Å². The van der Waals surface area contributed by atoms with Crippen molar-refractivity contribution >= 4 is 27.5 Å². The lowest BCUT2D eigenvalue weighted by Crippen LogP contribution is -2.27. The number of nitrogens with zero attached hydrogens (tertiary/aromatic N) is 2. The van der Waals surface area contributed by atoms with Crippen LogP contribution in [0.5, 0.6) is 0 Å². The topological polar surface area (TPSA) is 65.2 Å². The van der Waals surface area contributed by atoms with Gasteiger partial charge in [-0.15, -0.1) is 11.3 Å². The fourth-order valence-electron chi connectivity index (χ4n) is 4.10. The molecular formula is C24H22N2O3S. The molecule has 2 aromatic heterocycles. The number of aromatic nitrogens is 2. The minimum atomic E-state index is -0.164. The molecule has 30 heavy (non-hydrogen) atoms. The molecule has 0 N–H and O–H groups in total. The standard InChI is InChI=1S/C24H22N2O3S/c27-24(29-15-17-14-28-22(25-17)16-8-2-1-3-9-16)19-11-5-4-10-18(19)23-26-20-12-6-7-13-21(20)30-23/h1-3,6-9,12-14,18-19H,4-5,10-11,15H2. The van der Waals surface area contributed by atoms with E-state index in [-0.39, 0.29) is 24.4 Å². The molecular weight excluding hydrogens is 396 g/mol. The Hall–Kier alpha value is -2.99. The molecule has 1 aliphatic rings. The fraction of sp³-hybridized carbons (Fsp3) is 0.292. The number of esters is 1. The Morgan fingerprint density at radius 2 is 1.83 bits per heavy atom. The van der Waals surface area contributed by atoms with Crippen molar-refractivity contribution in [2.75, 3.05) is 0 Å². The summed E-state index contributed by atoms with van der Waals surface area (Å²) in [5.41, 5.74) is 2.53. The SMILES string of the molecule is O=C(OCc1coc(-c2ccccc2)n1)C1CCCCC1c1nc2ccccc2s1. The van der Waals surface area contributed by atoms with Crippen LogP contribution in [-0.4, -0.2) is 15.9 Å². The van der Waals surface area contributed by atoms with Crippen LogP contribution in [0.15, 0.2) is 65.3 Å². The second kappa shape index (κ2) is 8.40. The van der Waals surface area contributed by atoms with E-state index in [4.69, 9.17) is 14.1 Å². The van der Waals surface area contributed by atoms with Crippen LogP contribution < -0.4 is 0 Å². The number of carbonyl (C=O) groups is 1. The van der Waals surface area contributed by atoms with Gasteiger partial charge in [-0.25, -0.2) is 9.97 Å². The second-order valence-electron chi connectivity index (χ2n) is 7.64. The third-order valence-electron chi connectivity index (χ3n) is 5.63. The predicted octanol–water partition coefficient (Wildman–Crippen LogP) is 5.97. The molecule has 2 atom stereocenters. The van der Waals surface area contributed by atoms with Crippen molar-refractivity contribution in [3.63, 3.8) is 0 Å². The second-order valence-corrected chi connectivity index (χ2v) is 8.70. The molecule has 2 heterocycles. The average Bonchev–Trinajstić information content (AvgIpc) is 3.45. The van der Waals surface area contributed by atoms with Gasteiger partial charge < -0.3 is 9.15 Å². The van der Waals surface area contributed by atoms with Crippen molar-refractivity contribution in [1.29, 1.82) is 0 Å². The van der Waals surface area contributed by atoms with Crippen LogP contribution in [0.3, 0.4) is 0 Å². The van der Waals surface area contributed by atoms with E-state index in [1.54, 1.807) is 17.6 Å². The molecule has 1 aliphatic carbocycles. The summed E-state index contributed by atoms with van der Waals surface area (Å²) >= 11 is 1.69. The number of oxazole rings is 1. The van der Waals surface area contributed by atoms with Crippen molar-refractivity contribution in [2.24, 2.45) is 5.92 Å². The first kappa shape index (κ1) is 19.0. The third-order valence-corrected chi connectivity index (χ3v) is 6.80. The molecule has 1 fully saturated rings. The maximum atomic E-state index is 12.9. The smallest absolute Gasteiger partial charge is 0.310 e. The lowest BCUT2D eigenvalue weighted by molar-refractivity contribution is -0.151. The van der Waals surface area contributed by atoms with Gasteiger partial charge in [0.25, 0.3) is 0 Å². The van der Waals surface area contributed by atoms with Gasteiger partial charge in [0.1, 0.15) is 18.6 Å². The highest BCUT2D eigenvalue weighted by atomic mass is 32.1. The van der Waals surface area contributed by atoms with Crippen LogP contribution in [0, 0.1) is 5.92 Å². The van der Waals surface area contributed by atoms with E-state index in [0.717, 1.165) is 41.8 Å². The molecule has 0 amide bonds. The Bertz CT molecular complexity index is 1120. The molecule has 0 bridgehead atoms. The summed E-state index contributed by atoms with van der Waals surface area (Å²) in [7, 11) is 0. The van der Waals surface area contributed by atoms with E-state index in [1.165, 1.54) is 4.70 Å². The molecule has 0 radical (unpaired) electrons. The fourth-order valence-corrected chi connectivity index (χ4v) is 5.26. The van der Waals surface area contributed by atoms with Crippen LogP contribution in [-0.2, 0) is 16.1 Å². The largest absolute Gasteiger partial charge is 0.459 e. The number of carbonyl (C=O) groups excluding carboxylic acids is 1. The molecule has 6 heteroatoms. The first-order valence-electron chi connectivity index (χ1n) is 10.3. The average molecular weight is 419 g/mol. The third kappa shape index (κ3) is 3.87. The Morgan fingerprint density at radius 3 is 2.70 bits per heavy atom. The number of rotatable bonds is 5. The van der Waals surface area contributed by atoms with Crippen LogP contribution in [0.4, 0.5) is 0 Å². The highest BCUT2D eigenvalue weighted by Gasteiger charge is 2.35. The Morgan fingerprint density at radius 1 is 1.03 bits per heavy atom. The lowest BCUT2D eigenvalue weighted by atomic mass is 9.79. The molecule has 0 saturated heterocycles. The molecule has 152 valence electrons. The van der Waals surface area contributed by atoms with E-state index in [2.05, 4.69) is 11.1 Å². The van der Waals surface area contributed by atoms with Crippen molar-refractivity contribution in [3.05, 3.63) is 71.6 Å². The van der Waals surface area contributed by atoms with Crippen molar-refractivity contribution in [3.8, 4) is 11.5 Å². The Balaban J connectivity index is 1.28. The highest BCUT2D eigenvalue weighted by Crippen LogP contribution is 2.41. The summed E-state index contributed by atoms with van der Waals surface area (Å²) in [5, 5.41) is 1.05. The highest BCUT2D eigenvalue weighted by molar-refractivity contribution is 7.18. The van der Waals surface area contributed by atoms with Crippen LogP contribution in [0.1, 0.15) is 42.3 Å². The van der Waals surface area contributed by atoms with Gasteiger partial charge in [0.05, 0.1) is 21.1 Å². The molecule has 1 saturated carbocycles. The van der Waals surface area contributed by atoms with E-state index >= 15 is 0 Å². The number of thiazole rings is 1. The van der Waals surface area contributed by atoms with Crippen molar-refractivity contribution in [1.82, 2.24) is 9.97 Å². The predicted molar refractivity (Wildman–Crippen MR) is 116 cm³/mol. The zero-order valence-corrected chi connectivity index (χ0v) is 17.3. The minimum absolute atomic E-state index is 0.123. The molecule has 0 aliphatic heterocycles. The lowest BCUT2D eigenvalue weighted by Gasteiger charge is -2.28. The molecule has 0 spiro atoms. The van der Waals surface area contributed by atoms with E-state index in [0.29, 0.717) is 11.6 Å². The first-order valence-corrected chi connectivity index (χ1v) is 11.1. The number of hydrogen-bond donors (Lipinski definition) is 0. The number of fused-ring (bicyclic) bond motifs is 1. The summed E-state index contributed by atoms with van der Waals surface area (Å²) in [5.74, 6) is 0.343. The number of benzene rings is 2. The quantitative estimate of drug-likeness (QED) is 0.374. The van der Waals surface area contributed by atoms with Gasteiger partial charge in [0.2, 0.25) is 5.89 Å². The van der Waals surface area contributed by atoms with Gasteiger partial charge in [-0.2, -0.15) is 0 Å². The van der Waals surface area contributed by atoms with Gasteiger partial charge in [0, 0.05) is 11.5 Å². The summed E-state index contributed by atoms with van der Waals surface area (Å²) < 4.78 is 12.4. The van der Waals surface area contributed by atoms with E-state index in [9.17, 15) is 4.79 Å². The van der Waals surface area contributed by atoms with Crippen LogP contribution >= 0.6 is 11.3 Å². The monoisotopic (exact) mass is 418 g/mol. The molecule has 5 rings (SSSR count). The molecule has 4 aromatic rings. The maximum absolute atomic E-state index is 12.9. The van der Waals surface area contributed by atoms with E-state index < -0.39 is 0 Å². The Labute approximate surface area is 178 Å². The molecule has 2 unspecified atom stereocenters. The van der Waals surface area contributed by atoms with Gasteiger partial charge in [-0.1, -0.05) is 43.2 Å². The summed E-state index contributed by atoms with van der Waals surface area (Å²) in [6.07, 6.45) is 5.54. The molecule has 2 aromatic carbocycles. The minimum Gasteiger partial charge on any atom is -0.459 e. The summed E-state index contributed by atoms with van der Waals surface area (Å²) in [6.45, 7) is 0.123. The summed E-state index contributed by atoms with van der Waals surface area (Å²) in [6, 6.07) is 17.8. The van der Waals surface area contributed by atoms with E-state index in [1.807, 2.05) is 48.5 Å². The number of hydrogen-bond acceptors (Lipinski definition) is 6. The number of para-hydroxylation sites is 1. The zero-order chi connectivity index (χ0) is 20.3. The Kier molecular flexibility index (Phi) is 5.32. The van der Waals surface area contributed by atoms with Gasteiger partial charge in [-0.05, 0) is 37.1 Å². The van der Waals surface area contributed by atoms with Crippen LogP contribution in [0.2, 0.25) is 0 Å². The van der Waals surface area contributed by atoms with Gasteiger partial charge >= 0.3 is 5.97 Å². The maximum Gasteiger partial charge on any atom is 0.310 e. The van der Waals surface area contributed by atoms with Gasteiger partial charge in [-0.3, -0.25) is 4.79 Å². The first-order chi connectivity index (χ1) is 14.8. The van der Waals surface area contributed by atoms with Crippen LogP contribution in [0.25, 0.3) is 21.7 Å². The summed E-state index contributed by atoms with van der Waals surface area (Å²) in [4.78, 5) is 22.2. The molecule has 5 nitrogen and oxygen atoms in total.